The Morgan fingerprint density at radius 1 is 1.17 bits per heavy atom. The Bertz CT molecular complexity index is 778. The van der Waals surface area contributed by atoms with Gasteiger partial charge in [-0.25, -0.2) is 4.79 Å². The number of carbonyl (C=O) groups is 3. The lowest BCUT2D eigenvalue weighted by Gasteiger charge is -2.32. The highest BCUT2D eigenvalue weighted by atomic mass is 16.7. The van der Waals surface area contributed by atoms with E-state index in [-0.39, 0.29) is 30.3 Å². The van der Waals surface area contributed by atoms with Crippen molar-refractivity contribution in [2.45, 2.75) is 64.1 Å². The zero-order valence-electron chi connectivity index (χ0n) is 17.6. The topological polar surface area (TPSA) is 79.0 Å². The molecule has 30 heavy (non-hydrogen) atoms. The maximum Gasteiger partial charge on any atom is 0.345 e. The Morgan fingerprint density at radius 2 is 1.93 bits per heavy atom. The van der Waals surface area contributed by atoms with Gasteiger partial charge in [0.15, 0.2) is 5.78 Å². The van der Waals surface area contributed by atoms with Crippen molar-refractivity contribution < 1.29 is 19.2 Å². The second kappa shape index (κ2) is 9.16. The second-order valence-electron chi connectivity index (χ2n) is 9.00. The van der Waals surface area contributed by atoms with Crippen molar-refractivity contribution in [1.29, 1.82) is 0 Å². The van der Waals surface area contributed by atoms with E-state index < -0.39 is 6.04 Å². The molecule has 2 atom stereocenters. The minimum atomic E-state index is -0.528. The molecule has 0 spiro atoms. The molecule has 3 aliphatic rings. The van der Waals surface area contributed by atoms with Crippen molar-refractivity contribution in [2.24, 2.45) is 11.8 Å². The smallest absolute Gasteiger partial charge is 0.345 e. The number of Topliss-reactive ketones (excluding diaryl/α,β-unsaturated/α-hetero) is 1. The van der Waals surface area contributed by atoms with Crippen LogP contribution in [0.25, 0.3) is 0 Å². The summed E-state index contributed by atoms with van der Waals surface area (Å²) < 4.78 is 0. The van der Waals surface area contributed by atoms with Gasteiger partial charge >= 0.3 is 6.03 Å². The highest BCUT2D eigenvalue weighted by molar-refractivity contribution is 5.91. The van der Waals surface area contributed by atoms with Crippen LogP contribution in [0.5, 0.6) is 0 Å². The number of hydroxylamine groups is 2. The highest BCUT2D eigenvalue weighted by Gasteiger charge is 2.47. The van der Waals surface area contributed by atoms with Crippen LogP contribution in [-0.4, -0.2) is 52.9 Å². The van der Waals surface area contributed by atoms with Gasteiger partial charge in [0, 0.05) is 13.0 Å². The molecule has 1 aromatic rings. The van der Waals surface area contributed by atoms with E-state index in [0.29, 0.717) is 38.3 Å². The number of amides is 3. The lowest BCUT2D eigenvalue weighted by Crippen LogP contribution is -2.50. The number of fused-ring (bicyclic) bond motifs is 2. The van der Waals surface area contributed by atoms with E-state index in [0.717, 1.165) is 17.9 Å². The van der Waals surface area contributed by atoms with Gasteiger partial charge in [-0.05, 0) is 49.5 Å². The fraction of sp³-hybridized carbons (Fsp3) is 0.609. The van der Waals surface area contributed by atoms with E-state index >= 15 is 0 Å². The fourth-order valence-electron chi connectivity index (χ4n) is 4.85. The number of carbonyl (C=O) groups excluding carboxylic acids is 3. The third-order valence-electron chi connectivity index (χ3n) is 6.60. The SMILES string of the molecule is CC1CC(CCC(=O)CNC(=O)C2CC[C@@H]3CN2C(=O)N3OCc2ccccc2)C1. The van der Waals surface area contributed by atoms with Crippen LogP contribution < -0.4 is 5.32 Å². The van der Waals surface area contributed by atoms with Crippen LogP contribution in [0.15, 0.2) is 30.3 Å². The van der Waals surface area contributed by atoms with Gasteiger partial charge in [0.05, 0.1) is 12.6 Å². The first-order valence-electron chi connectivity index (χ1n) is 11.1. The highest BCUT2D eigenvalue weighted by Crippen LogP contribution is 2.36. The molecule has 3 amide bonds. The molecule has 2 bridgehead atoms. The maximum absolute atomic E-state index is 12.8. The summed E-state index contributed by atoms with van der Waals surface area (Å²) >= 11 is 0. The molecular formula is C23H31N3O4. The van der Waals surface area contributed by atoms with Gasteiger partial charge in [0.2, 0.25) is 5.91 Å². The lowest BCUT2D eigenvalue weighted by atomic mass is 9.74. The number of piperidine rings is 1. The molecule has 2 saturated heterocycles. The van der Waals surface area contributed by atoms with Gasteiger partial charge in [-0.2, -0.15) is 5.06 Å². The minimum absolute atomic E-state index is 0.0308. The number of ketones is 1. The number of rotatable bonds is 9. The largest absolute Gasteiger partial charge is 0.347 e. The molecule has 1 saturated carbocycles. The zero-order valence-corrected chi connectivity index (χ0v) is 17.6. The van der Waals surface area contributed by atoms with E-state index in [1.807, 2.05) is 30.3 Å². The monoisotopic (exact) mass is 413 g/mol. The third-order valence-corrected chi connectivity index (χ3v) is 6.60. The van der Waals surface area contributed by atoms with Gasteiger partial charge < -0.3 is 10.2 Å². The normalized spacial score (nSPS) is 27.7. The van der Waals surface area contributed by atoms with Crippen LogP contribution >= 0.6 is 0 Å². The van der Waals surface area contributed by atoms with E-state index in [1.165, 1.54) is 17.9 Å². The van der Waals surface area contributed by atoms with Crippen LogP contribution in [0.2, 0.25) is 0 Å². The molecule has 3 fully saturated rings. The van der Waals surface area contributed by atoms with Crippen LogP contribution in [-0.2, 0) is 21.0 Å². The molecule has 1 aliphatic carbocycles. The van der Waals surface area contributed by atoms with Gasteiger partial charge in [0.25, 0.3) is 0 Å². The van der Waals surface area contributed by atoms with Crippen LogP contribution in [0.3, 0.4) is 0 Å². The van der Waals surface area contributed by atoms with E-state index in [9.17, 15) is 14.4 Å². The van der Waals surface area contributed by atoms with E-state index in [4.69, 9.17) is 4.84 Å². The average molecular weight is 414 g/mol. The number of benzene rings is 1. The first-order chi connectivity index (χ1) is 14.5. The molecular weight excluding hydrogens is 382 g/mol. The summed E-state index contributed by atoms with van der Waals surface area (Å²) in [6.07, 6.45) is 5.16. The summed E-state index contributed by atoms with van der Waals surface area (Å²) in [5.41, 5.74) is 0.992. The lowest BCUT2D eigenvalue weighted by molar-refractivity contribution is -0.140. The number of hydrogen-bond donors (Lipinski definition) is 1. The Labute approximate surface area is 177 Å². The predicted octanol–water partition coefficient (Wildman–Crippen LogP) is 2.90. The van der Waals surface area contributed by atoms with Crippen molar-refractivity contribution >= 4 is 17.7 Å². The number of nitrogens with one attached hydrogen (secondary N) is 1. The molecule has 162 valence electrons. The number of nitrogens with zero attached hydrogens (tertiary/aromatic N) is 2. The third kappa shape index (κ3) is 4.67. The number of urea groups is 1. The van der Waals surface area contributed by atoms with Crippen LogP contribution in [0.4, 0.5) is 4.79 Å². The summed E-state index contributed by atoms with van der Waals surface area (Å²) in [5, 5.41) is 4.18. The molecule has 0 radical (unpaired) electrons. The Balaban J connectivity index is 1.23. The Morgan fingerprint density at radius 3 is 2.67 bits per heavy atom. The quantitative estimate of drug-likeness (QED) is 0.675. The Kier molecular flexibility index (Phi) is 6.37. The van der Waals surface area contributed by atoms with Gasteiger partial charge in [-0.3, -0.25) is 14.4 Å². The van der Waals surface area contributed by atoms with Crippen molar-refractivity contribution in [3.05, 3.63) is 35.9 Å². The summed E-state index contributed by atoms with van der Waals surface area (Å²) in [4.78, 5) is 44.9. The average Bonchev–Trinajstić information content (AvgIpc) is 2.97. The van der Waals surface area contributed by atoms with Gasteiger partial charge in [0.1, 0.15) is 12.6 Å². The molecule has 2 aliphatic heterocycles. The predicted molar refractivity (Wildman–Crippen MR) is 111 cm³/mol. The number of hydrogen-bond acceptors (Lipinski definition) is 4. The van der Waals surface area contributed by atoms with Gasteiger partial charge in [-0.1, -0.05) is 37.3 Å². The molecule has 2 heterocycles. The molecule has 1 unspecified atom stereocenters. The molecule has 7 nitrogen and oxygen atoms in total. The zero-order chi connectivity index (χ0) is 21.1. The molecule has 4 rings (SSSR count). The van der Waals surface area contributed by atoms with Crippen LogP contribution in [0, 0.1) is 11.8 Å². The summed E-state index contributed by atoms with van der Waals surface area (Å²) in [5.74, 6) is 1.28. The molecule has 1 N–H and O–H groups in total. The minimum Gasteiger partial charge on any atom is -0.347 e. The van der Waals surface area contributed by atoms with Crippen molar-refractivity contribution in [3.8, 4) is 0 Å². The maximum atomic E-state index is 12.8. The van der Waals surface area contributed by atoms with Crippen molar-refractivity contribution in [2.75, 3.05) is 13.1 Å². The van der Waals surface area contributed by atoms with Crippen molar-refractivity contribution in [3.63, 3.8) is 0 Å². The molecule has 7 heteroatoms. The van der Waals surface area contributed by atoms with E-state index in [2.05, 4.69) is 12.2 Å². The Hall–Kier alpha value is -2.41. The molecule has 1 aromatic carbocycles. The summed E-state index contributed by atoms with van der Waals surface area (Å²) in [6, 6.07) is 8.87. The molecule has 0 aromatic heterocycles. The fourth-order valence-corrected chi connectivity index (χ4v) is 4.85. The first kappa shape index (κ1) is 20.8. The van der Waals surface area contributed by atoms with E-state index in [1.54, 1.807) is 4.90 Å². The standard InChI is InChI=1S/C23H31N3O4/c1-16-11-18(12-16)7-9-20(27)13-24-22(28)21-10-8-19-14-25(21)23(29)26(19)30-15-17-5-3-2-4-6-17/h2-6,16,18-19,21H,7-15H2,1H3,(H,24,28)/t16?,18?,19-,21?/m1/s1. The second-order valence-corrected chi connectivity index (χ2v) is 9.00. The first-order valence-corrected chi connectivity index (χ1v) is 11.1. The van der Waals surface area contributed by atoms with Gasteiger partial charge in [-0.15, -0.1) is 0 Å². The summed E-state index contributed by atoms with van der Waals surface area (Å²) in [7, 11) is 0. The van der Waals surface area contributed by atoms with Crippen LogP contribution in [0.1, 0.15) is 51.0 Å². The summed E-state index contributed by atoms with van der Waals surface area (Å²) in [6.45, 7) is 3.10. The van der Waals surface area contributed by atoms with Crippen molar-refractivity contribution in [1.82, 2.24) is 15.3 Å².